The molecule has 1 aliphatic rings. The van der Waals surface area contributed by atoms with Crippen LogP contribution in [-0.4, -0.2) is 40.0 Å². The second-order valence-electron chi connectivity index (χ2n) is 9.55. The Morgan fingerprint density at radius 1 is 1.00 bits per heavy atom. The van der Waals surface area contributed by atoms with Crippen LogP contribution < -0.4 is 11.0 Å². The number of nitrogens with zero attached hydrogens (tertiary/aromatic N) is 1. The van der Waals surface area contributed by atoms with Crippen LogP contribution in [-0.2, 0) is 12.0 Å². The molecule has 172 valence electrons. The van der Waals surface area contributed by atoms with Crippen LogP contribution in [0.15, 0.2) is 71.8 Å². The van der Waals surface area contributed by atoms with Crippen molar-refractivity contribution >= 4 is 10.9 Å². The van der Waals surface area contributed by atoms with Crippen molar-refractivity contribution in [1.29, 1.82) is 0 Å². The number of nitrogens with one attached hydrogen (secondary N) is 4. The van der Waals surface area contributed by atoms with E-state index in [4.69, 9.17) is 0 Å². The van der Waals surface area contributed by atoms with Gasteiger partial charge in [0.05, 0.1) is 11.7 Å². The monoisotopic (exact) mass is 443 g/mol. The Labute approximate surface area is 194 Å². The number of aromatic amines is 3. The molecule has 5 rings (SSSR count). The third-order valence-electron chi connectivity index (χ3n) is 7.51. The van der Waals surface area contributed by atoms with Crippen LogP contribution in [0, 0.1) is 0 Å². The Balaban J connectivity index is 1.35. The van der Waals surface area contributed by atoms with Crippen molar-refractivity contribution in [3.8, 4) is 0 Å². The minimum Gasteiger partial charge on any atom is -0.361 e. The van der Waals surface area contributed by atoms with Crippen LogP contribution in [0.4, 0.5) is 0 Å². The highest BCUT2D eigenvalue weighted by molar-refractivity contribution is 5.83. The average Bonchev–Trinajstić information content (AvgIpc) is 3.46. The molecule has 6 nitrogen and oxygen atoms in total. The summed E-state index contributed by atoms with van der Waals surface area (Å²) in [5.41, 5.74) is 4.64. The van der Waals surface area contributed by atoms with Crippen LogP contribution in [0.5, 0.6) is 0 Å². The number of benzene rings is 2. The Morgan fingerprint density at radius 2 is 1.73 bits per heavy atom. The predicted octanol–water partition coefficient (Wildman–Crippen LogP) is 4.46. The largest absolute Gasteiger partial charge is 0.361 e. The van der Waals surface area contributed by atoms with Crippen molar-refractivity contribution in [2.45, 2.75) is 49.7 Å². The molecule has 0 aliphatic heterocycles. The van der Waals surface area contributed by atoms with Crippen molar-refractivity contribution in [1.82, 2.24) is 25.2 Å². The molecule has 1 atom stereocenters. The number of para-hydroxylation sites is 1. The van der Waals surface area contributed by atoms with Gasteiger partial charge in [0.1, 0.15) is 0 Å². The first kappa shape index (κ1) is 21.7. The molecular weight excluding hydrogens is 410 g/mol. The predicted molar refractivity (Wildman–Crippen MR) is 133 cm³/mol. The molecule has 1 saturated carbocycles. The minimum absolute atomic E-state index is 0.0386. The molecule has 2 aromatic heterocycles. The zero-order valence-electron chi connectivity index (χ0n) is 19.4. The van der Waals surface area contributed by atoms with Gasteiger partial charge in [-0.25, -0.2) is 4.79 Å². The van der Waals surface area contributed by atoms with Gasteiger partial charge in [0.2, 0.25) is 0 Å². The molecule has 0 radical (unpaired) electrons. The van der Waals surface area contributed by atoms with Gasteiger partial charge < -0.3 is 20.3 Å². The molecule has 6 heteroatoms. The van der Waals surface area contributed by atoms with Gasteiger partial charge in [-0.1, -0.05) is 48.5 Å². The van der Waals surface area contributed by atoms with E-state index in [2.05, 4.69) is 94.0 Å². The van der Waals surface area contributed by atoms with Crippen molar-refractivity contribution < 1.29 is 0 Å². The first-order valence-corrected chi connectivity index (χ1v) is 11.9. The van der Waals surface area contributed by atoms with Crippen molar-refractivity contribution in [2.24, 2.45) is 0 Å². The summed E-state index contributed by atoms with van der Waals surface area (Å²) in [6, 6.07) is 19.7. The average molecular weight is 444 g/mol. The molecule has 2 aromatic carbocycles. The van der Waals surface area contributed by atoms with Crippen molar-refractivity contribution in [2.75, 3.05) is 14.1 Å². The zero-order chi connectivity index (χ0) is 22.8. The van der Waals surface area contributed by atoms with E-state index in [-0.39, 0.29) is 17.3 Å². The maximum absolute atomic E-state index is 11.9. The van der Waals surface area contributed by atoms with E-state index < -0.39 is 0 Å². The van der Waals surface area contributed by atoms with Crippen LogP contribution in [0.1, 0.15) is 48.5 Å². The summed E-state index contributed by atoms with van der Waals surface area (Å²) in [5.74, 6) is 0. The number of H-pyrrole nitrogens is 3. The van der Waals surface area contributed by atoms with Gasteiger partial charge in [-0.15, -0.1) is 0 Å². The number of hydrogen-bond donors (Lipinski definition) is 4. The zero-order valence-corrected chi connectivity index (χ0v) is 19.4. The molecule has 0 amide bonds. The van der Waals surface area contributed by atoms with Gasteiger partial charge in [-0.3, -0.25) is 4.90 Å². The standard InChI is InChI=1S/C27H33N5O/c1-32(2)27(20-8-4-3-5-9-20)14-12-21(13-15-27)30-24(25-18-29-26(33)31-25)16-19-17-28-23-11-7-6-10-22(19)23/h3-11,17-18,21,24,28,30H,12-16H2,1-2H3,(H2,29,31,33)/t21?,24-,27?/m0/s1. The lowest BCUT2D eigenvalue weighted by atomic mass is 9.74. The van der Waals surface area contributed by atoms with E-state index in [1.807, 2.05) is 12.3 Å². The van der Waals surface area contributed by atoms with Crippen LogP contribution in [0.2, 0.25) is 0 Å². The molecule has 0 bridgehead atoms. The summed E-state index contributed by atoms with van der Waals surface area (Å²) >= 11 is 0. The second-order valence-corrected chi connectivity index (χ2v) is 9.55. The summed E-state index contributed by atoms with van der Waals surface area (Å²) in [4.78, 5) is 23.4. The van der Waals surface area contributed by atoms with Gasteiger partial charge in [-0.05, 0) is 63.4 Å². The minimum atomic E-state index is -0.157. The number of imidazole rings is 1. The first-order chi connectivity index (χ1) is 16.0. The van der Waals surface area contributed by atoms with E-state index in [0.717, 1.165) is 43.3 Å². The van der Waals surface area contributed by atoms with Gasteiger partial charge >= 0.3 is 5.69 Å². The van der Waals surface area contributed by atoms with E-state index in [1.165, 1.54) is 16.5 Å². The number of fused-ring (bicyclic) bond motifs is 1. The SMILES string of the molecule is CN(C)C1(c2ccccc2)CCC(N[C@@H](Cc2c[nH]c3ccccc23)c2c[nH]c(=O)[nH]2)CC1. The number of aromatic nitrogens is 3. The maximum atomic E-state index is 11.9. The summed E-state index contributed by atoms with van der Waals surface area (Å²) in [6.07, 6.45) is 9.10. The summed E-state index contributed by atoms with van der Waals surface area (Å²) in [5, 5.41) is 5.13. The van der Waals surface area contributed by atoms with Crippen LogP contribution >= 0.6 is 0 Å². The van der Waals surface area contributed by atoms with E-state index in [9.17, 15) is 4.79 Å². The van der Waals surface area contributed by atoms with Crippen molar-refractivity contribution in [3.05, 3.63) is 94.3 Å². The fourth-order valence-electron chi connectivity index (χ4n) is 5.60. The molecule has 0 unspecified atom stereocenters. The Bertz CT molecular complexity index is 1240. The maximum Gasteiger partial charge on any atom is 0.323 e. The Morgan fingerprint density at radius 3 is 2.42 bits per heavy atom. The van der Waals surface area contributed by atoms with E-state index >= 15 is 0 Å². The topological polar surface area (TPSA) is 79.7 Å². The fraction of sp³-hybridized carbons (Fsp3) is 0.370. The molecule has 0 spiro atoms. The lowest BCUT2D eigenvalue weighted by Gasteiger charge is -2.46. The highest BCUT2D eigenvalue weighted by Crippen LogP contribution is 2.41. The molecule has 2 heterocycles. The van der Waals surface area contributed by atoms with Crippen LogP contribution in [0.25, 0.3) is 10.9 Å². The van der Waals surface area contributed by atoms with Gasteiger partial charge in [0, 0.05) is 34.9 Å². The second kappa shape index (κ2) is 9.04. The molecule has 4 aromatic rings. The van der Waals surface area contributed by atoms with Crippen LogP contribution in [0.3, 0.4) is 0 Å². The first-order valence-electron chi connectivity index (χ1n) is 11.9. The summed E-state index contributed by atoms with van der Waals surface area (Å²) in [6.45, 7) is 0. The molecule has 1 aliphatic carbocycles. The lowest BCUT2D eigenvalue weighted by Crippen LogP contribution is -2.48. The highest BCUT2D eigenvalue weighted by atomic mass is 16.1. The van der Waals surface area contributed by atoms with E-state index in [1.54, 1.807) is 0 Å². The molecule has 4 N–H and O–H groups in total. The normalized spacial score (nSPS) is 22.1. The molecular formula is C27H33N5O. The molecule has 1 fully saturated rings. The quantitative estimate of drug-likeness (QED) is 0.341. The third-order valence-corrected chi connectivity index (χ3v) is 7.51. The van der Waals surface area contributed by atoms with Gasteiger partial charge in [-0.2, -0.15) is 0 Å². The Hall–Kier alpha value is -3.09. The van der Waals surface area contributed by atoms with Gasteiger partial charge in [0.25, 0.3) is 0 Å². The number of rotatable bonds is 7. The lowest BCUT2D eigenvalue weighted by molar-refractivity contribution is 0.0831. The van der Waals surface area contributed by atoms with Crippen molar-refractivity contribution in [3.63, 3.8) is 0 Å². The smallest absolute Gasteiger partial charge is 0.323 e. The fourth-order valence-corrected chi connectivity index (χ4v) is 5.60. The number of hydrogen-bond acceptors (Lipinski definition) is 3. The van der Waals surface area contributed by atoms with Gasteiger partial charge in [0.15, 0.2) is 0 Å². The molecule has 0 saturated heterocycles. The summed E-state index contributed by atoms with van der Waals surface area (Å²) in [7, 11) is 4.40. The Kier molecular flexibility index (Phi) is 5.96. The van der Waals surface area contributed by atoms with E-state index in [0.29, 0.717) is 6.04 Å². The third kappa shape index (κ3) is 4.28. The highest BCUT2D eigenvalue weighted by Gasteiger charge is 2.39. The summed E-state index contributed by atoms with van der Waals surface area (Å²) < 4.78 is 0. The molecule has 33 heavy (non-hydrogen) atoms.